The van der Waals surface area contributed by atoms with Crippen LogP contribution in [0.1, 0.15) is 52.1 Å². The normalized spacial score (nSPS) is 16.3. The molecule has 4 heteroatoms. The number of rotatable bonds is 4. The van der Waals surface area contributed by atoms with Gasteiger partial charge in [0.05, 0.1) is 6.04 Å². The van der Waals surface area contributed by atoms with E-state index in [1.165, 1.54) is 11.1 Å². The number of carbonyl (C=O) groups is 2. The van der Waals surface area contributed by atoms with Gasteiger partial charge in [-0.05, 0) is 36.5 Å². The van der Waals surface area contributed by atoms with Crippen molar-refractivity contribution in [3.63, 3.8) is 0 Å². The van der Waals surface area contributed by atoms with Crippen molar-refractivity contribution >= 4 is 11.8 Å². The third-order valence-electron chi connectivity index (χ3n) is 5.67. The van der Waals surface area contributed by atoms with Gasteiger partial charge < -0.3 is 10.2 Å². The minimum Gasteiger partial charge on any atom is -0.349 e. The average Bonchev–Trinajstić information content (AvgIpc) is 2.73. The molecular formula is C25H32N2O2. The van der Waals surface area contributed by atoms with Crippen LogP contribution < -0.4 is 5.32 Å². The lowest BCUT2D eigenvalue weighted by Gasteiger charge is -2.35. The number of benzene rings is 2. The van der Waals surface area contributed by atoms with Crippen molar-refractivity contribution in [3.8, 4) is 11.1 Å². The summed E-state index contributed by atoms with van der Waals surface area (Å²) in [6.45, 7) is 9.17. The lowest BCUT2D eigenvalue weighted by molar-refractivity contribution is -0.142. The molecule has 0 saturated carbocycles. The van der Waals surface area contributed by atoms with Crippen molar-refractivity contribution in [1.29, 1.82) is 0 Å². The van der Waals surface area contributed by atoms with Gasteiger partial charge in [0.2, 0.25) is 11.8 Å². The van der Waals surface area contributed by atoms with Crippen LogP contribution in [0.3, 0.4) is 0 Å². The average molecular weight is 393 g/mol. The van der Waals surface area contributed by atoms with Crippen molar-refractivity contribution in [2.24, 2.45) is 11.3 Å². The van der Waals surface area contributed by atoms with Crippen LogP contribution in [-0.2, 0) is 9.59 Å². The number of likely N-dealkylation sites (tertiary alicyclic amines) is 1. The third-order valence-corrected chi connectivity index (χ3v) is 5.67. The molecule has 0 spiro atoms. The quantitative estimate of drug-likeness (QED) is 0.811. The first-order valence-corrected chi connectivity index (χ1v) is 10.5. The summed E-state index contributed by atoms with van der Waals surface area (Å²) in [5.41, 5.74) is 3.09. The second kappa shape index (κ2) is 8.81. The summed E-state index contributed by atoms with van der Waals surface area (Å²) in [6, 6.07) is 18.6. The highest BCUT2D eigenvalue weighted by molar-refractivity contribution is 5.83. The highest BCUT2D eigenvalue weighted by atomic mass is 16.2. The van der Waals surface area contributed by atoms with E-state index in [0.717, 1.165) is 18.4 Å². The molecular weight excluding hydrogens is 360 g/mol. The van der Waals surface area contributed by atoms with E-state index in [2.05, 4.69) is 41.7 Å². The van der Waals surface area contributed by atoms with Crippen LogP contribution in [0.2, 0.25) is 0 Å². The van der Waals surface area contributed by atoms with Gasteiger partial charge in [-0.25, -0.2) is 0 Å². The minimum absolute atomic E-state index is 0.0231. The molecule has 3 rings (SSSR count). The molecule has 154 valence electrons. The molecule has 0 aromatic heterocycles. The number of carbonyl (C=O) groups excluding carboxylic acids is 2. The van der Waals surface area contributed by atoms with Crippen LogP contribution in [0.25, 0.3) is 11.1 Å². The Labute approximate surface area is 174 Å². The Morgan fingerprint density at radius 2 is 1.48 bits per heavy atom. The molecule has 0 unspecified atom stereocenters. The van der Waals surface area contributed by atoms with Crippen LogP contribution in [0.15, 0.2) is 54.6 Å². The standard InChI is InChI=1S/C25H32N2O2/c1-18(19-10-12-21(13-11-19)20-8-6-5-7-9-20)26-23(28)22-14-16-27(17-15-22)24(29)25(2,3)4/h5-13,18,22H,14-17H2,1-4H3,(H,26,28)/t18-/m0/s1. The molecule has 1 heterocycles. The van der Waals surface area contributed by atoms with Gasteiger partial charge in [0, 0.05) is 24.4 Å². The molecule has 0 radical (unpaired) electrons. The van der Waals surface area contributed by atoms with E-state index in [1.54, 1.807) is 0 Å². The van der Waals surface area contributed by atoms with Crippen molar-refractivity contribution in [1.82, 2.24) is 10.2 Å². The lowest BCUT2D eigenvalue weighted by atomic mass is 9.90. The monoisotopic (exact) mass is 392 g/mol. The summed E-state index contributed by atoms with van der Waals surface area (Å²) in [7, 11) is 0. The first kappa shape index (κ1) is 21.1. The largest absolute Gasteiger partial charge is 0.349 e. The Kier molecular flexibility index (Phi) is 6.41. The molecule has 1 saturated heterocycles. The van der Waals surface area contributed by atoms with E-state index < -0.39 is 0 Å². The number of hydrogen-bond donors (Lipinski definition) is 1. The van der Waals surface area contributed by atoms with Crippen molar-refractivity contribution < 1.29 is 9.59 Å². The molecule has 0 aliphatic carbocycles. The second-order valence-electron chi connectivity index (χ2n) is 9.03. The predicted octanol–water partition coefficient (Wildman–Crippen LogP) is 4.82. The fourth-order valence-electron chi connectivity index (χ4n) is 3.83. The Hall–Kier alpha value is -2.62. The summed E-state index contributed by atoms with van der Waals surface area (Å²) >= 11 is 0. The molecule has 1 aliphatic rings. The maximum atomic E-state index is 12.7. The molecule has 0 bridgehead atoms. The van der Waals surface area contributed by atoms with Crippen LogP contribution in [0.5, 0.6) is 0 Å². The zero-order valence-electron chi connectivity index (χ0n) is 17.9. The van der Waals surface area contributed by atoms with Crippen LogP contribution >= 0.6 is 0 Å². The fraction of sp³-hybridized carbons (Fsp3) is 0.440. The van der Waals surface area contributed by atoms with E-state index in [9.17, 15) is 9.59 Å². The fourth-order valence-corrected chi connectivity index (χ4v) is 3.83. The van der Waals surface area contributed by atoms with Crippen LogP contribution in [-0.4, -0.2) is 29.8 Å². The van der Waals surface area contributed by atoms with Gasteiger partial charge in [-0.15, -0.1) is 0 Å². The van der Waals surface area contributed by atoms with Crippen LogP contribution in [0.4, 0.5) is 0 Å². The SMILES string of the molecule is C[C@H](NC(=O)C1CCN(C(=O)C(C)(C)C)CC1)c1ccc(-c2ccccc2)cc1. The zero-order valence-corrected chi connectivity index (χ0v) is 17.9. The number of hydrogen-bond acceptors (Lipinski definition) is 2. The smallest absolute Gasteiger partial charge is 0.227 e. The van der Waals surface area contributed by atoms with Crippen molar-refractivity contribution in [3.05, 3.63) is 60.2 Å². The Bertz CT molecular complexity index is 829. The van der Waals surface area contributed by atoms with Gasteiger partial charge >= 0.3 is 0 Å². The lowest BCUT2D eigenvalue weighted by Crippen LogP contribution is -2.46. The maximum absolute atomic E-state index is 12.7. The Morgan fingerprint density at radius 1 is 0.931 bits per heavy atom. The molecule has 29 heavy (non-hydrogen) atoms. The Morgan fingerprint density at radius 3 is 2.03 bits per heavy atom. The van der Waals surface area contributed by atoms with E-state index in [1.807, 2.05) is 50.8 Å². The summed E-state index contributed by atoms with van der Waals surface area (Å²) in [5.74, 6) is 0.237. The van der Waals surface area contributed by atoms with E-state index in [0.29, 0.717) is 13.1 Å². The zero-order chi connectivity index (χ0) is 21.0. The molecule has 1 fully saturated rings. The third kappa shape index (κ3) is 5.26. The van der Waals surface area contributed by atoms with E-state index >= 15 is 0 Å². The predicted molar refractivity (Wildman–Crippen MR) is 117 cm³/mol. The van der Waals surface area contributed by atoms with Gasteiger partial charge in [0.1, 0.15) is 0 Å². The molecule has 1 N–H and O–H groups in total. The highest BCUT2D eigenvalue weighted by Gasteiger charge is 2.32. The summed E-state index contributed by atoms with van der Waals surface area (Å²) < 4.78 is 0. The van der Waals surface area contributed by atoms with Crippen molar-refractivity contribution in [2.75, 3.05) is 13.1 Å². The number of nitrogens with zero attached hydrogens (tertiary/aromatic N) is 1. The summed E-state index contributed by atoms with van der Waals surface area (Å²) in [5, 5.41) is 3.16. The van der Waals surface area contributed by atoms with Gasteiger partial charge in [-0.1, -0.05) is 75.4 Å². The number of nitrogens with one attached hydrogen (secondary N) is 1. The molecule has 2 amide bonds. The summed E-state index contributed by atoms with van der Waals surface area (Å²) in [4.78, 5) is 27.0. The maximum Gasteiger partial charge on any atom is 0.227 e. The number of piperidine rings is 1. The Balaban J connectivity index is 1.54. The molecule has 2 aromatic rings. The van der Waals surface area contributed by atoms with Crippen molar-refractivity contribution in [2.45, 2.75) is 46.6 Å². The van der Waals surface area contributed by atoms with Gasteiger partial charge in [0.15, 0.2) is 0 Å². The molecule has 4 nitrogen and oxygen atoms in total. The minimum atomic E-state index is -0.366. The molecule has 1 atom stereocenters. The molecule has 2 aromatic carbocycles. The first-order valence-electron chi connectivity index (χ1n) is 10.5. The van der Waals surface area contributed by atoms with Gasteiger partial charge in [0.25, 0.3) is 0 Å². The highest BCUT2D eigenvalue weighted by Crippen LogP contribution is 2.25. The van der Waals surface area contributed by atoms with E-state index in [4.69, 9.17) is 0 Å². The topological polar surface area (TPSA) is 49.4 Å². The van der Waals surface area contributed by atoms with Gasteiger partial charge in [-0.2, -0.15) is 0 Å². The van der Waals surface area contributed by atoms with Crippen LogP contribution in [0, 0.1) is 11.3 Å². The van der Waals surface area contributed by atoms with E-state index in [-0.39, 0.29) is 29.2 Å². The second-order valence-corrected chi connectivity index (χ2v) is 9.03. The first-order chi connectivity index (χ1) is 13.8. The van der Waals surface area contributed by atoms with Gasteiger partial charge in [-0.3, -0.25) is 9.59 Å². The number of amides is 2. The molecule has 1 aliphatic heterocycles. The summed E-state index contributed by atoms with van der Waals surface area (Å²) in [6.07, 6.45) is 1.46.